The molecule has 23 heavy (non-hydrogen) atoms. The molecule has 1 unspecified atom stereocenters. The summed E-state index contributed by atoms with van der Waals surface area (Å²) in [5.74, 6) is -0.0296. The van der Waals surface area contributed by atoms with E-state index in [0.29, 0.717) is 13.1 Å². The number of benzene rings is 1. The molecule has 1 aromatic rings. The quantitative estimate of drug-likeness (QED) is 0.799. The Morgan fingerprint density at radius 3 is 2.57 bits per heavy atom. The van der Waals surface area contributed by atoms with Crippen molar-refractivity contribution in [2.24, 2.45) is 5.73 Å². The molecule has 1 aliphatic rings. The van der Waals surface area contributed by atoms with Gasteiger partial charge in [-0.25, -0.2) is 0 Å². The molecule has 0 spiro atoms. The highest BCUT2D eigenvalue weighted by molar-refractivity contribution is 5.81. The van der Waals surface area contributed by atoms with E-state index in [2.05, 4.69) is 41.4 Å². The van der Waals surface area contributed by atoms with Crippen LogP contribution in [-0.2, 0) is 16.0 Å². The average Bonchev–Trinajstić information content (AvgIpc) is 3.04. The van der Waals surface area contributed by atoms with Crippen molar-refractivity contribution < 1.29 is 9.53 Å². The molecule has 128 valence electrons. The van der Waals surface area contributed by atoms with Gasteiger partial charge in [-0.05, 0) is 44.5 Å². The molecule has 1 aliphatic heterocycles. The Hall–Kier alpha value is -1.43. The zero-order valence-electron chi connectivity index (χ0n) is 14.4. The molecule has 0 aromatic heterocycles. The number of carbonyl (C=O) groups excluding carboxylic acids is 1. The number of carbonyl (C=O) groups is 1. The van der Waals surface area contributed by atoms with Crippen molar-refractivity contribution in [3.8, 4) is 0 Å². The van der Waals surface area contributed by atoms with Gasteiger partial charge in [0.25, 0.3) is 0 Å². The van der Waals surface area contributed by atoms with Crippen LogP contribution in [0, 0.1) is 0 Å². The fraction of sp³-hybridized carbons (Fsp3) is 0.611. The zero-order valence-corrected chi connectivity index (χ0v) is 14.4. The van der Waals surface area contributed by atoms with Crippen molar-refractivity contribution >= 4 is 5.91 Å². The standard InChI is InChI=1S/C18H29N3O2/c1-4-13-5-7-14(8-6-13)16(21(2)3)12-20-18(22)17-10-9-15(11-19)23-17/h5-8,15-17H,4,9-12,19H2,1-3H3,(H,20,22)/t15-,16?,17+/m1/s1. The first-order chi connectivity index (χ1) is 11.0. The van der Waals surface area contributed by atoms with Crippen LogP contribution in [0.4, 0.5) is 0 Å². The number of hydrogen-bond acceptors (Lipinski definition) is 4. The predicted molar refractivity (Wildman–Crippen MR) is 92.2 cm³/mol. The third-order valence-corrected chi connectivity index (χ3v) is 4.53. The number of hydrogen-bond donors (Lipinski definition) is 2. The number of nitrogens with two attached hydrogens (primary N) is 1. The first-order valence-corrected chi connectivity index (χ1v) is 8.43. The third kappa shape index (κ3) is 4.77. The molecule has 0 bridgehead atoms. The number of ether oxygens (including phenoxy) is 1. The monoisotopic (exact) mass is 319 g/mol. The summed E-state index contributed by atoms with van der Waals surface area (Å²) in [7, 11) is 4.06. The largest absolute Gasteiger partial charge is 0.364 e. The normalized spacial score (nSPS) is 22.3. The van der Waals surface area contributed by atoms with Crippen LogP contribution in [0.5, 0.6) is 0 Å². The molecule has 0 aliphatic carbocycles. The highest BCUT2D eigenvalue weighted by Crippen LogP contribution is 2.21. The number of likely N-dealkylation sites (N-methyl/N-ethyl adjacent to an activating group) is 1. The number of nitrogens with one attached hydrogen (secondary N) is 1. The lowest BCUT2D eigenvalue weighted by atomic mass is 10.0. The molecule has 5 heteroatoms. The summed E-state index contributed by atoms with van der Waals surface area (Å²) in [4.78, 5) is 14.4. The van der Waals surface area contributed by atoms with E-state index in [4.69, 9.17) is 10.5 Å². The Kier molecular flexibility index (Phi) is 6.57. The lowest BCUT2D eigenvalue weighted by molar-refractivity contribution is -0.132. The Bertz CT molecular complexity index is 501. The minimum absolute atomic E-state index is 0.0250. The van der Waals surface area contributed by atoms with Crippen molar-refractivity contribution in [2.45, 2.75) is 44.4 Å². The number of aryl methyl sites for hydroxylation is 1. The van der Waals surface area contributed by atoms with Crippen LogP contribution in [0.15, 0.2) is 24.3 Å². The topological polar surface area (TPSA) is 67.6 Å². The van der Waals surface area contributed by atoms with Gasteiger partial charge in [-0.15, -0.1) is 0 Å². The van der Waals surface area contributed by atoms with Gasteiger partial charge in [0.15, 0.2) is 0 Å². The van der Waals surface area contributed by atoms with Crippen molar-refractivity contribution in [1.29, 1.82) is 0 Å². The molecule has 2 rings (SSSR count). The summed E-state index contributed by atoms with van der Waals surface area (Å²) in [5.41, 5.74) is 8.12. The SMILES string of the molecule is CCc1ccc(C(CNC(=O)[C@@H]2CC[C@H](CN)O2)N(C)C)cc1. The van der Waals surface area contributed by atoms with E-state index in [1.807, 2.05) is 14.1 Å². The Morgan fingerprint density at radius 1 is 1.35 bits per heavy atom. The van der Waals surface area contributed by atoms with E-state index in [-0.39, 0.29) is 24.2 Å². The van der Waals surface area contributed by atoms with E-state index in [0.717, 1.165) is 19.3 Å². The lowest BCUT2D eigenvalue weighted by Crippen LogP contribution is -2.40. The summed E-state index contributed by atoms with van der Waals surface area (Å²) in [6.45, 7) is 3.20. The molecule has 1 amide bonds. The Balaban J connectivity index is 1.93. The van der Waals surface area contributed by atoms with Gasteiger partial charge in [-0.1, -0.05) is 31.2 Å². The van der Waals surface area contributed by atoms with Crippen LogP contribution < -0.4 is 11.1 Å². The van der Waals surface area contributed by atoms with E-state index in [1.165, 1.54) is 11.1 Å². The van der Waals surface area contributed by atoms with Gasteiger partial charge >= 0.3 is 0 Å². The molecule has 3 atom stereocenters. The molecule has 3 N–H and O–H groups in total. The third-order valence-electron chi connectivity index (χ3n) is 4.53. The molecule has 5 nitrogen and oxygen atoms in total. The van der Waals surface area contributed by atoms with Gasteiger partial charge in [0.05, 0.1) is 12.1 Å². The Labute approximate surface area is 139 Å². The van der Waals surface area contributed by atoms with E-state index >= 15 is 0 Å². The minimum atomic E-state index is -0.353. The summed E-state index contributed by atoms with van der Waals surface area (Å²) < 4.78 is 5.65. The molecule has 1 saturated heterocycles. The molecule has 1 heterocycles. The first kappa shape index (κ1) is 17.9. The molecule has 1 aromatic carbocycles. The van der Waals surface area contributed by atoms with Gasteiger partial charge in [-0.3, -0.25) is 4.79 Å². The number of amides is 1. The van der Waals surface area contributed by atoms with Crippen molar-refractivity contribution in [1.82, 2.24) is 10.2 Å². The number of nitrogens with zero attached hydrogens (tertiary/aromatic N) is 1. The highest BCUT2D eigenvalue weighted by Gasteiger charge is 2.30. The van der Waals surface area contributed by atoms with Crippen LogP contribution in [0.3, 0.4) is 0 Å². The van der Waals surface area contributed by atoms with Crippen LogP contribution in [0.25, 0.3) is 0 Å². The summed E-state index contributed by atoms with van der Waals surface area (Å²) in [6, 6.07) is 8.74. The number of rotatable bonds is 7. The maximum absolute atomic E-state index is 12.3. The van der Waals surface area contributed by atoms with Crippen LogP contribution in [0.1, 0.15) is 36.9 Å². The van der Waals surface area contributed by atoms with Gasteiger partial charge in [0.2, 0.25) is 5.91 Å². The second-order valence-electron chi connectivity index (χ2n) is 6.38. The summed E-state index contributed by atoms with van der Waals surface area (Å²) in [6.07, 6.45) is 2.33. The van der Waals surface area contributed by atoms with E-state index in [9.17, 15) is 4.79 Å². The maximum Gasteiger partial charge on any atom is 0.249 e. The van der Waals surface area contributed by atoms with Gasteiger partial charge < -0.3 is 20.7 Å². The summed E-state index contributed by atoms with van der Waals surface area (Å²) >= 11 is 0. The zero-order chi connectivity index (χ0) is 16.8. The van der Waals surface area contributed by atoms with Gasteiger partial charge in [0, 0.05) is 13.1 Å². The van der Waals surface area contributed by atoms with Crippen molar-refractivity contribution in [3.05, 3.63) is 35.4 Å². The van der Waals surface area contributed by atoms with Crippen LogP contribution in [0.2, 0.25) is 0 Å². The Morgan fingerprint density at radius 2 is 2.04 bits per heavy atom. The molecule has 0 radical (unpaired) electrons. The fourth-order valence-electron chi connectivity index (χ4n) is 2.96. The van der Waals surface area contributed by atoms with Crippen LogP contribution >= 0.6 is 0 Å². The molecular weight excluding hydrogens is 290 g/mol. The first-order valence-electron chi connectivity index (χ1n) is 8.43. The predicted octanol–water partition coefficient (Wildman–Crippen LogP) is 1.47. The van der Waals surface area contributed by atoms with E-state index < -0.39 is 0 Å². The van der Waals surface area contributed by atoms with Crippen molar-refractivity contribution in [2.75, 3.05) is 27.2 Å². The fourth-order valence-corrected chi connectivity index (χ4v) is 2.96. The maximum atomic E-state index is 12.3. The second kappa shape index (κ2) is 8.43. The van der Waals surface area contributed by atoms with Gasteiger partial charge in [0.1, 0.15) is 6.10 Å². The second-order valence-corrected chi connectivity index (χ2v) is 6.38. The lowest BCUT2D eigenvalue weighted by Gasteiger charge is -2.26. The smallest absolute Gasteiger partial charge is 0.249 e. The average molecular weight is 319 g/mol. The minimum Gasteiger partial charge on any atom is -0.364 e. The summed E-state index contributed by atoms with van der Waals surface area (Å²) in [5, 5.41) is 3.03. The van der Waals surface area contributed by atoms with Crippen LogP contribution in [-0.4, -0.2) is 50.2 Å². The van der Waals surface area contributed by atoms with E-state index in [1.54, 1.807) is 0 Å². The highest BCUT2D eigenvalue weighted by atomic mass is 16.5. The van der Waals surface area contributed by atoms with Crippen molar-refractivity contribution in [3.63, 3.8) is 0 Å². The molecular formula is C18H29N3O2. The van der Waals surface area contributed by atoms with Gasteiger partial charge in [-0.2, -0.15) is 0 Å². The molecule has 1 fully saturated rings. The molecule has 0 saturated carbocycles.